The molecule has 0 aliphatic rings. The summed E-state index contributed by atoms with van der Waals surface area (Å²) in [5.74, 6) is 1.48. The van der Waals surface area contributed by atoms with E-state index in [2.05, 4.69) is 0 Å². The van der Waals surface area contributed by atoms with Crippen LogP contribution in [0.4, 0.5) is 4.39 Å². The van der Waals surface area contributed by atoms with Gasteiger partial charge >= 0.3 is 0 Å². The standard InChI is InChI=1S/C18H18FNO/c1-10-11(2)21-12(3)17(10)18(20)15-8-9-16(19)14-7-5-4-6-13(14)15/h4-9,18H,20H2,1-3H3. The number of aryl methyl sites for hydroxylation is 2. The van der Waals surface area contributed by atoms with E-state index in [0.29, 0.717) is 5.39 Å². The summed E-state index contributed by atoms with van der Waals surface area (Å²) >= 11 is 0. The number of nitrogens with two attached hydrogens (primary N) is 1. The third-order valence-electron chi connectivity index (χ3n) is 4.17. The summed E-state index contributed by atoms with van der Waals surface area (Å²) in [6.07, 6.45) is 0. The van der Waals surface area contributed by atoms with Crippen LogP contribution in [-0.2, 0) is 0 Å². The summed E-state index contributed by atoms with van der Waals surface area (Å²) in [5, 5.41) is 1.45. The van der Waals surface area contributed by atoms with E-state index in [1.165, 1.54) is 6.07 Å². The largest absolute Gasteiger partial charge is 0.466 e. The Labute approximate surface area is 123 Å². The first-order valence-electron chi connectivity index (χ1n) is 7.00. The highest BCUT2D eigenvalue weighted by Crippen LogP contribution is 2.33. The van der Waals surface area contributed by atoms with E-state index in [1.807, 2.05) is 39.0 Å². The van der Waals surface area contributed by atoms with E-state index in [9.17, 15) is 4.39 Å². The van der Waals surface area contributed by atoms with Crippen molar-refractivity contribution in [2.24, 2.45) is 5.73 Å². The number of benzene rings is 2. The lowest BCUT2D eigenvalue weighted by atomic mass is 9.92. The average molecular weight is 283 g/mol. The highest BCUT2D eigenvalue weighted by atomic mass is 19.1. The second kappa shape index (κ2) is 5.01. The summed E-state index contributed by atoms with van der Waals surface area (Å²) in [5.41, 5.74) is 9.43. The molecule has 3 rings (SSSR count). The van der Waals surface area contributed by atoms with Crippen LogP contribution in [0.3, 0.4) is 0 Å². The zero-order valence-electron chi connectivity index (χ0n) is 12.4. The van der Waals surface area contributed by atoms with Crippen molar-refractivity contribution in [1.29, 1.82) is 0 Å². The van der Waals surface area contributed by atoms with Crippen LogP contribution in [0.25, 0.3) is 10.8 Å². The van der Waals surface area contributed by atoms with E-state index >= 15 is 0 Å². The van der Waals surface area contributed by atoms with Crippen LogP contribution in [0.15, 0.2) is 40.8 Å². The van der Waals surface area contributed by atoms with E-state index < -0.39 is 0 Å². The Morgan fingerprint density at radius 2 is 1.62 bits per heavy atom. The van der Waals surface area contributed by atoms with Gasteiger partial charge in [0.1, 0.15) is 17.3 Å². The molecule has 108 valence electrons. The van der Waals surface area contributed by atoms with Gasteiger partial charge in [0.2, 0.25) is 0 Å². The second-order valence-corrected chi connectivity index (χ2v) is 5.41. The maximum atomic E-state index is 13.9. The van der Waals surface area contributed by atoms with Gasteiger partial charge in [-0.25, -0.2) is 4.39 Å². The highest BCUT2D eigenvalue weighted by Gasteiger charge is 2.21. The lowest BCUT2D eigenvalue weighted by Gasteiger charge is -2.16. The van der Waals surface area contributed by atoms with E-state index in [0.717, 1.165) is 33.6 Å². The first-order chi connectivity index (χ1) is 10.0. The predicted octanol–water partition coefficient (Wildman–Crippen LogP) is 4.55. The average Bonchev–Trinajstić information content (AvgIpc) is 2.72. The fraction of sp³-hybridized carbons (Fsp3) is 0.222. The van der Waals surface area contributed by atoms with Gasteiger partial charge < -0.3 is 10.2 Å². The van der Waals surface area contributed by atoms with Crippen molar-refractivity contribution in [1.82, 2.24) is 0 Å². The van der Waals surface area contributed by atoms with Gasteiger partial charge in [0.15, 0.2) is 0 Å². The number of furan rings is 1. The van der Waals surface area contributed by atoms with Crippen molar-refractivity contribution in [2.45, 2.75) is 26.8 Å². The molecular formula is C18H18FNO. The van der Waals surface area contributed by atoms with Crippen LogP contribution in [0.2, 0.25) is 0 Å². The molecule has 0 fully saturated rings. The molecule has 1 atom stereocenters. The topological polar surface area (TPSA) is 39.2 Å². The molecule has 0 bridgehead atoms. The third kappa shape index (κ3) is 2.14. The number of halogens is 1. The second-order valence-electron chi connectivity index (χ2n) is 5.41. The molecule has 2 nitrogen and oxygen atoms in total. The smallest absolute Gasteiger partial charge is 0.131 e. The van der Waals surface area contributed by atoms with Gasteiger partial charge in [-0.1, -0.05) is 30.3 Å². The lowest BCUT2D eigenvalue weighted by Crippen LogP contribution is -2.14. The predicted molar refractivity (Wildman–Crippen MR) is 82.9 cm³/mol. The van der Waals surface area contributed by atoms with Gasteiger partial charge in [-0.15, -0.1) is 0 Å². The van der Waals surface area contributed by atoms with Gasteiger partial charge in [-0.2, -0.15) is 0 Å². The van der Waals surface area contributed by atoms with Crippen LogP contribution in [0, 0.1) is 26.6 Å². The van der Waals surface area contributed by atoms with Crippen molar-refractivity contribution in [3.63, 3.8) is 0 Å². The molecule has 3 heteroatoms. The van der Waals surface area contributed by atoms with Gasteiger partial charge in [-0.05, 0) is 43.4 Å². The molecule has 21 heavy (non-hydrogen) atoms. The molecule has 0 aliphatic heterocycles. The number of hydrogen-bond donors (Lipinski definition) is 1. The maximum absolute atomic E-state index is 13.9. The Bertz CT molecular complexity index is 819. The Hall–Kier alpha value is -2.13. The zero-order chi connectivity index (χ0) is 15.1. The first kappa shape index (κ1) is 13.8. The highest BCUT2D eigenvalue weighted by molar-refractivity contribution is 5.87. The van der Waals surface area contributed by atoms with Crippen LogP contribution >= 0.6 is 0 Å². The van der Waals surface area contributed by atoms with Crippen LogP contribution < -0.4 is 5.73 Å². The molecular weight excluding hydrogens is 265 g/mol. The third-order valence-corrected chi connectivity index (χ3v) is 4.17. The minimum atomic E-state index is -0.326. The van der Waals surface area contributed by atoms with Gasteiger partial charge in [0.25, 0.3) is 0 Å². The normalized spacial score (nSPS) is 12.8. The summed E-state index contributed by atoms with van der Waals surface area (Å²) < 4.78 is 19.6. The van der Waals surface area contributed by atoms with Crippen LogP contribution in [-0.4, -0.2) is 0 Å². The van der Waals surface area contributed by atoms with Gasteiger partial charge in [0, 0.05) is 10.9 Å². The Morgan fingerprint density at radius 1 is 0.952 bits per heavy atom. The van der Waals surface area contributed by atoms with E-state index in [-0.39, 0.29) is 11.9 Å². The van der Waals surface area contributed by atoms with Crippen LogP contribution in [0.5, 0.6) is 0 Å². The number of rotatable bonds is 2. The Balaban J connectivity index is 2.23. The quantitative estimate of drug-likeness (QED) is 0.749. The van der Waals surface area contributed by atoms with E-state index in [4.69, 9.17) is 10.2 Å². The molecule has 0 saturated carbocycles. The molecule has 3 aromatic rings. The maximum Gasteiger partial charge on any atom is 0.131 e. The molecule has 1 aromatic heterocycles. The fourth-order valence-electron chi connectivity index (χ4n) is 2.98. The lowest BCUT2D eigenvalue weighted by molar-refractivity contribution is 0.498. The van der Waals surface area contributed by atoms with E-state index in [1.54, 1.807) is 12.1 Å². The number of hydrogen-bond acceptors (Lipinski definition) is 2. The van der Waals surface area contributed by atoms with Crippen molar-refractivity contribution >= 4 is 10.8 Å². The van der Waals surface area contributed by atoms with Crippen molar-refractivity contribution < 1.29 is 8.81 Å². The molecule has 2 aromatic carbocycles. The molecule has 1 heterocycles. The minimum absolute atomic E-state index is 0.224. The van der Waals surface area contributed by atoms with Gasteiger partial charge in [-0.3, -0.25) is 0 Å². The fourth-order valence-corrected chi connectivity index (χ4v) is 2.98. The van der Waals surface area contributed by atoms with Crippen LogP contribution in [0.1, 0.15) is 34.3 Å². The van der Waals surface area contributed by atoms with Crippen molar-refractivity contribution in [3.8, 4) is 0 Å². The van der Waals surface area contributed by atoms with Crippen molar-refractivity contribution in [2.75, 3.05) is 0 Å². The SMILES string of the molecule is Cc1oc(C)c(C(N)c2ccc(F)c3ccccc23)c1C. The summed E-state index contributed by atoms with van der Waals surface area (Å²) in [6, 6.07) is 10.3. The van der Waals surface area contributed by atoms with Crippen molar-refractivity contribution in [3.05, 3.63) is 70.4 Å². The zero-order valence-corrected chi connectivity index (χ0v) is 12.4. The number of fused-ring (bicyclic) bond motifs is 1. The first-order valence-corrected chi connectivity index (χ1v) is 7.00. The molecule has 2 N–H and O–H groups in total. The summed E-state index contributed by atoms with van der Waals surface area (Å²) in [6.45, 7) is 5.86. The molecule has 0 spiro atoms. The summed E-state index contributed by atoms with van der Waals surface area (Å²) in [7, 11) is 0. The Kier molecular flexibility index (Phi) is 3.30. The Morgan fingerprint density at radius 3 is 2.24 bits per heavy atom. The molecule has 0 aliphatic carbocycles. The summed E-state index contributed by atoms with van der Waals surface area (Å²) in [4.78, 5) is 0. The minimum Gasteiger partial charge on any atom is -0.466 e. The molecule has 0 amide bonds. The van der Waals surface area contributed by atoms with Gasteiger partial charge in [0.05, 0.1) is 6.04 Å². The monoisotopic (exact) mass is 283 g/mol. The molecule has 1 unspecified atom stereocenters. The molecule has 0 saturated heterocycles. The molecule has 0 radical (unpaired) electrons.